The SMILES string of the molecule is CC(C)C(C)S(=O)(=O)C1CCCC1C#N. The Morgan fingerprint density at radius 3 is 2.33 bits per heavy atom. The van der Waals surface area contributed by atoms with Gasteiger partial charge in [-0.1, -0.05) is 20.3 Å². The molecule has 0 aromatic carbocycles. The maximum atomic E-state index is 12.2. The van der Waals surface area contributed by atoms with Crippen molar-refractivity contribution < 1.29 is 8.42 Å². The first-order valence-electron chi connectivity index (χ1n) is 5.53. The summed E-state index contributed by atoms with van der Waals surface area (Å²) in [6.45, 7) is 5.59. The first-order valence-corrected chi connectivity index (χ1v) is 7.14. The molecule has 1 fully saturated rings. The molecule has 0 amide bonds. The molecule has 0 spiro atoms. The summed E-state index contributed by atoms with van der Waals surface area (Å²) in [6.07, 6.45) is 2.27. The standard InChI is InChI=1S/C11H19NO2S/c1-8(2)9(3)15(13,14)11-6-4-5-10(11)7-12/h8-11H,4-6H2,1-3H3. The van der Waals surface area contributed by atoms with E-state index in [2.05, 4.69) is 6.07 Å². The van der Waals surface area contributed by atoms with E-state index in [4.69, 9.17) is 5.26 Å². The third-order valence-corrected chi connectivity index (χ3v) is 6.49. The lowest BCUT2D eigenvalue weighted by Gasteiger charge is -2.22. The quantitative estimate of drug-likeness (QED) is 0.745. The first-order chi connectivity index (χ1) is 6.91. The summed E-state index contributed by atoms with van der Waals surface area (Å²) in [5.74, 6) is -0.161. The van der Waals surface area contributed by atoms with Crippen molar-refractivity contribution in [3.05, 3.63) is 0 Å². The minimum Gasteiger partial charge on any atom is -0.228 e. The normalized spacial score (nSPS) is 29.0. The van der Waals surface area contributed by atoms with Gasteiger partial charge in [0.25, 0.3) is 0 Å². The third kappa shape index (κ3) is 2.34. The Hall–Kier alpha value is -0.560. The van der Waals surface area contributed by atoms with E-state index in [0.29, 0.717) is 6.42 Å². The zero-order chi connectivity index (χ0) is 11.6. The highest BCUT2D eigenvalue weighted by atomic mass is 32.2. The zero-order valence-electron chi connectivity index (χ0n) is 9.60. The van der Waals surface area contributed by atoms with E-state index < -0.39 is 15.1 Å². The van der Waals surface area contributed by atoms with Crippen LogP contribution in [0.15, 0.2) is 0 Å². The molecule has 0 aromatic rings. The van der Waals surface area contributed by atoms with Crippen molar-refractivity contribution in [2.24, 2.45) is 11.8 Å². The van der Waals surface area contributed by atoms with Crippen LogP contribution in [0.1, 0.15) is 40.0 Å². The number of nitrogens with zero attached hydrogens (tertiary/aromatic N) is 1. The molecular weight excluding hydrogens is 210 g/mol. The highest BCUT2D eigenvalue weighted by Gasteiger charge is 2.41. The van der Waals surface area contributed by atoms with Crippen molar-refractivity contribution in [3.8, 4) is 6.07 Å². The average molecular weight is 229 g/mol. The predicted octanol–water partition coefficient (Wildman–Crippen LogP) is 2.14. The monoisotopic (exact) mass is 229 g/mol. The van der Waals surface area contributed by atoms with Crippen molar-refractivity contribution in [1.82, 2.24) is 0 Å². The van der Waals surface area contributed by atoms with Crippen molar-refractivity contribution in [2.75, 3.05) is 0 Å². The van der Waals surface area contributed by atoms with Gasteiger partial charge in [0.05, 0.1) is 22.5 Å². The molecule has 0 aromatic heterocycles. The number of hydrogen-bond acceptors (Lipinski definition) is 3. The average Bonchev–Trinajstić information content (AvgIpc) is 2.64. The molecule has 15 heavy (non-hydrogen) atoms. The second-order valence-electron chi connectivity index (χ2n) is 4.74. The fraction of sp³-hybridized carbons (Fsp3) is 0.909. The Morgan fingerprint density at radius 1 is 1.27 bits per heavy atom. The molecular formula is C11H19NO2S. The van der Waals surface area contributed by atoms with Gasteiger partial charge in [-0.2, -0.15) is 5.26 Å². The van der Waals surface area contributed by atoms with E-state index in [1.165, 1.54) is 0 Å². The Morgan fingerprint density at radius 2 is 1.87 bits per heavy atom. The predicted molar refractivity (Wildman–Crippen MR) is 60.0 cm³/mol. The van der Waals surface area contributed by atoms with Gasteiger partial charge in [0.2, 0.25) is 0 Å². The molecule has 1 rings (SSSR count). The van der Waals surface area contributed by atoms with E-state index >= 15 is 0 Å². The molecule has 0 heterocycles. The fourth-order valence-corrected chi connectivity index (χ4v) is 4.58. The second-order valence-corrected chi connectivity index (χ2v) is 7.27. The summed E-state index contributed by atoms with van der Waals surface area (Å²) in [7, 11) is -3.12. The van der Waals surface area contributed by atoms with Crippen LogP contribution >= 0.6 is 0 Å². The Labute approximate surface area is 92.4 Å². The summed E-state index contributed by atoms with van der Waals surface area (Å²) < 4.78 is 24.4. The van der Waals surface area contributed by atoms with Crippen molar-refractivity contribution >= 4 is 9.84 Å². The molecule has 1 saturated carbocycles. The number of hydrogen-bond donors (Lipinski definition) is 0. The van der Waals surface area contributed by atoms with Crippen molar-refractivity contribution in [2.45, 2.75) is 50.5 Å². The summed E-state index contributed by atoms with van der Waals surface area (Å²) >= 11 is 0. The lowest BCUT2D eigenvalue weighted by Crippen LogP contribution is -2.35. The van der Waals surface area contributed by atoms with Crippen LogP contribution in [0, 0.1) is 23.2 Å². The zero-order valence-corrected chi connectivity index (χ0v) is 10.4. The number of nitriles is 1. The molecule has 0 N–H and O–H groups in total. The Bertz CT molecular complexity index is 353. The van der Waals surface area contributed by atoms with Crippen LogP contribution in [0.4, 0.5) is 0 Å². The van der Waals surface area contributed by atoms with Gasteiger partial charge in [0, 0.05) is 0 Å². The molecule has 1 aliphatic rings. The molecule has 0 radical (unpaired) electrons. The highest BCUT2D eigenvalue weighted by molar-refractivity contribution is 7.92. The molecule has 1 aliphatic carbocycles. The largest absolute Gasteiger partial charge is 0.228 e. The van der Waals surface area contributed by atoms with Gasteiger partial charge in [-0.25, -0.2) is 8.42 Å². The van der Waals surface area contributed by atoms with Gasteiger partial charge >= 0.3 is 0 Å². The second kappa shape index (κ2) is 4.52. The maximum Gasteiger partial charge on any atom is 0.157 e. The first kappa shape index (κ1) is 12.5. The van der Waals surface area contributed by atoms with Gasteiger partial charge in [-0.3, -0.25) is 0 Å². The number of rotatable bonds is 3. The molecule has 4 heteroatoms. The van der Waals surface area contributed by atoms with Gasteiger partial charge in [0.15, 0.2) is 9.84 Å². The summed E-state index contributed by atoms with van der Waals surface area (Å²) in [5.41, 5.74) is 0. The lowest BCUT2D eigenvalue weighted by molar-refractivity contribution is 0.522. The van der Waals surface area contributed by atoms with Crippen LogP contribution in [-0.2, 0) is 9.84 Å². The van der Waals surface area contributed by atoms with E-state index in [0.717, 1.165) is 12.8 Å². The molecule has 3 unspecified atom stereocenters. The third-order valence-electron chi connectivity index (χ3n) is 3.50. The Kier molecular flexibility index (Phi) is 3.77. The van der Waals surface area contributed by atoms with Gasteiger partial charge in [-0.15, -0.1) is 0 Å². The Balaban J connectivity index is 2.92. The minimum atomic E-state index is -3.12. The summed E-state index contributed by atoms with van der Waals surface area (Å²) in [5, 5.41) is 8.15. The van der Waals surface area contributed by atoms with E-state index in [-0.39, 0.29) is 17.1 Å². The smallest absolute Gasteiger partial charge is 0.157 e. The highest BCUT2D eigenvalue weighted by Crippen LogP contribution is 2.34. The summed E-state index contributed by atoms with van der Waals surface area (Å²) in [4.78, 5) is 0. The van der Waals surface area contributed by atoms with E-state index in [1.54, 1.807) is 6.92 Å². The van der Waals surface area contributed by atoms with E-state index in [1.807, 2.05) is 13.8 Å². The molecule has 3 atom stereocenters. The van der Waals surface area contributed by atoms with E-state index in [9.17, 15) is 8.42 Å². The minimum absolute atomic E-state index is 0.120. The van der Waals surface area contributed by atoms with Crippen LogP contribution < -0.4 is 0 Å². The molecule has 0 bridgehead atoms. The molecule has 86 valence electrons. The summed E-state index contributed by atoms with van der Waals surface area (Å²) in [6, 6.07) is 2.13. The molecule has 0 saturated heterocycles. The van der Waals surface area contributed by atoms with Gasteiger partial charge in [-0.05, 0) is 25.7 Å². The van der Waals surface area contributed by atoms with Crippen LogP contribution in [0.2, 0.25) is 0 Å². The van der Waals surface area contributed by atoms with Crippen LogP contribution in [0.5, 0.6) is 0 Å². The molecule has 3 nitrogen and oxygen atoms in total. The van der Waals surface area contributed by atoms with Crippen LogP contribution in [0.25, 0.3) is 0 Å². The van der Waals surface area contributed by atoms with Crippen LogP contribution in [0.3, 0.4) is 0 Å². The fourth-order valence-electron chi connectivity index (χ4n) is 2.12. The van der Waals surface area contributed by atoms with Gasteiger partial charge < -0.3 is 0 Å². The number of sulfone groups is 1. The van der Waals surface area contributed by atoms with Crippen molar-refractivity contribution in [1.29, 1.82) is 5.26 Å². The topological polar surface area (TPSA) is 57.9 Å². The van der Waals surface area contributed by atoms with Crippen LogP contribution in [-0.4, -0.2) is 18.9 Å². The van der Waals surface area contributed by atoms with Crippen molar-refractivity contribution in [3.63, 3.8) is 0 Å². The molecule has 0 aliphatic heterocycles. The lowest BCUT2D eigenvalue weighted by atomic mass is 10.1. The maximum absolute atomic E-state index is 12.2. The van der Waals surface area contributed by atoms with Gasteiger partial charge in [0.1, 0.15) is 0 Å².